The van der Waals surface area contributed by atoms with Gasteiger partial charge in [-0.2, -0.15) is 0 Å². The van der Waals surface area contributed by atoms with E-state index in [9.17, 15) is 14.4 Å². The van der Waals surface area contributed by atoms with Crippen molar-refractivity contribution in [3.05, 3.63) is 0 Å². The zero-order chi connectivity index (χ0) is 15.8. The summed E-state index contributed by atoms with van der Waals surface area (Å²) in [6, 6.07) is 0. The summed E-state index contributed by atoms with van der Waals surface area (Å²) >= 11 is 0. The largest absolute Gasteiger partial charge is 0.465 e. The van der Waals surface area contributed by atoms with Crippen LogP contribution in [0.25, 0.3) is 0 Å². The van der Waals surface area contributed by atoms with Crippen LogP contribution in [0, 0.1) is 11.8 Å². The maximum atomic E-state index is 12.4. The summed E-state index contributed by atoms with van der Waals surface area (Å²) in [5.41, 5.74) is 0. The van der Waals surface area contributed by atoms with Gasteiger partial charge < -0.3 is 19.1 Å². The lowest BCUT2D eigenvalue weighted by Crippen LogP contribution is -2.47. The Balaban J connectivity index is 2.82. The van der Waals surface area contributed by atoms with Crippen molar-refractivity contribution in [1.29, 1.82) is 0 Å². The fourth-order valence-corrected chi connectivity index (χ4v) is 2.18. The smallest absolute Gasteiger partial charge is 0.321 e. The molecule has 1 atom stereocenters. The molecule has 1 amide bonds. The predicted octanol–water partition coefficient (Wildman–Crippen LogP) is 0.224. The van der Waals surface area contributed by atoms with E-state index in [1.54, 1.807) is 25.7 Å². The van der Waals surface area contributed by atoms with Crippen LogP contribution in [0.2, 0.25) is 0 Å². The third-order valence-electron chi connectivity index (χ3n) is 3.29. The number of hydrogen-bond acceptors (Lipinski definition) is 6. The summed E-state index contributed by atoms with van der Waals surface area (Å²) in [6.45, 7) is 6.98. The van der Waals surface area contributed by atoms with Gasteiger partial charge in [0, 0.05) is 13.1 Å². The molecule has 0 aromatic rings. The van der Waals surface area contributed by atoms with Gasteiger partial charge in [-0.15, -0.1) is 0 Å². The van der Waals surface area contributed by atoms with Crippen LogP contribution in [0.15, 0.2) is 0 Å². The number of nitrogens with zero attached hydrogens (tertiary/aromatic N) is 1. The van der Waals surface area contributed by atoms with Crippen LogP contribution in [0.4, 0.5) is 0 Å². The van der Waals surface area contributed by atoms with E-state index in [0.717, 1.165) is 0 Å². The van der Waals surface area contributed by atoms with Gasteiger partial charge in [0.1, 0.15) is 0 Å². The molecule has 0 spiro atoms. The minimum Gasteiger partial charge on any atom is -0.465 e. The van der Waals surface area contributed by atoms with Crippen LogP contribution in [0.3, 0.4) is 0 Å². The molecule has 0 aromatic carbocycles. The van der Waals surface area contributed by atoms with Crippen LogP contribution in [0.5, 0.6) is 0 Å². The van der Waals surface area contributed by atoms with E-state index >= 15 is 0 Å². The number of hydrogen-bond donors (Lipinski definition) is 0. The molecule has 0 aliphatic carbocycles. The highest BCUT2D eigenvalue weighted by atomic mass is 16.6. The van der Waals surface area contributed by atoms with Crippen molar-refractivity contribution in [1.82, 2.24) is 4.90 Å². The summed E-state index contributed by atoms with van der Waals surface area (Å²) in [4.78, 5) is 37.9. The Morgan fingerprint density at radius 1 is 1.05 bits per heavy atom. The summed E-state index contributed by atoms with van der Waals surface area (Å²) in [6.07, 6.45) is 0. The molecule has 1 heterocycles. The summed E-state index contributed by atoms with van der Waals surface area (Å²) in [5, 5.41) is 0. The van der Waals surface area contributed by atoms with Crippen LogP contribution in [0.1, 0.15) is 20.8 Å². The minimum atomic E-state index is -1.22. The zero-order valence-electron chi connectivity index (χ0n) is 12.8. The monoisotopic (exact) mass is 301 g/mol. The molecular formula is C14H23NO6. The van der Waals surface area contributed by atoms with Gasteiger partial charge in [0.2, 0.25) is 5.91 Å². The number of carbonyl (C=O) groups is 3. The third kappa shape index (κ3) is 4.70. The second kappa shape index (κ2) is 8.61. The lowest BCUT2D eigenvalue weighted by Gasteiger charge is -2.30. The van der Waals surface area contributed by atoms with E-state index < -0.39 is 23.8 Å². The highest BCUT2D eigenvalue weighted by Gasteiger charge is 2.40. The number of rotatable bonds is 6. The molecule has 1 unspecified atom stereocenters. The summed E-state index contributed by atoms with van der Waals surface area (Å²) in [5.74, 6) is -3.74. The van der Waals surface area contributed by atoms with Gasteiger partial charge in [-0.05, 0) is 13.8 Å². The standard InChI is InChI=1S/C14H23NO6/c1-4-20-13(17)11(14(18)21-5-2)10(3)12(16)15-6-8-19-9-7-15/h10-11H,4-9H2,1-3H3. The summed E-state index contributed by atoms with van der Waals surface area (Å²) < 4.78 is 15.0. The number of morpholine rings is 1. The maximum absolute atomic E-state index is 12.4. The number of carbonyl (C=O) groups excluding carboxylic acids is 3. The van der Waals surface area contributed by atoms with Crippen molar-refractivity contribution in [2.45, 2.75) is 20.8 Å². The maximum Gasteiger partial charge on any atom is 0.321 e. The number of esters is 2. The lowest BCUT2D eigenvalue weighted by atomic mass is 9.92. The Bertz CT molecular complexity index is 360. The SMILES string of the molecule is CCOC(=O)C(C(=O)OCC)C(C)C(=O)N1CCOCC1. The quantitative estimate of drug-likeness (QED) is 0.516. The second-order valence-corrected chi connectivity index (χ2v) is 4.71. The molecule has 7 nitrogen and oxygen atoms in total. The van der Waals surface area contributed by atoms with Crippen molar-refractivity contribution < 1.29 is 28.6 Å². The minimum absolute atomic E-state index is 0.146. The molecule has 1 fully saturated rings. The topological polar surface area (TPSA) is 82.1 Å². The van der Waals surface area contributed by atoms with E-state index in [1.165, 1.54) is 0 Å². The predicted molar refractivity (Wildman–Crippen MR) is 73.3 cm³/mol. The Hall–Kier alpha value is -1.63. The lowest BCUT2D eigenvalue weighted by molar-refractivity contribution is -0.168. The number of amides is 1. The molecule has 120 valence electrons. The molecule has 0 radical (unpaired) electrons. The molecule has 0 N–H and O–H groups in total. The van der Waals surface area contributed by atoms with E-state index in [2.05, 4.69) is 0 Å². The first kappa shape index (κ1) is 17.4. The van der Waals surface area contributed by atoms with Crippen LogP contribution in [-0.4, -0.2) is 62.3 Å². The van der Waals surface area contributed by atoms with E-state index in [1.807, 2.05) is 0 Å². The Labute approximate surface area is 124 Å². The van der Waals surface area contributed by atoms with Crippen molar-refractivity contribution in [3.8, 4) is 0 Å². The van der Waals surface area contributed by atoms with Crippen molar-refractivity contribution in [3.63, 3.8) is 0 Å². The number of ether oxygens (including phenoxy) is 3. The first-order valence-electron chi connectivity index (χ1n) is 7.22. The van der Waals surface area contributed by atoms with E-state index in [0.29, 0.717) is 26.3 Å². The highest BCUT2D eigenvalue weighted by molar-refractivity contribution is 5.99. The molecule has 1 saturated heterocycles. The van der Waals surface area contributed by atoms with Crippen LogP contribution >= 0.6 is 0 Å². The zero-order valence-corrected chi connectivity index (χ0v) is 12.8. The fraction of sp³-hybridized carbons (Fsp3) is 0.786. The molecule has 1 aliphatic rings. The first-order chi connectivity index (χ1) is 10.0. The van der Waals surface area contributed by atoms with Crippen LogP contribution < -0.4 is 0 Å². The molecule has 0 bridgehead atoms. The molecule has 0 saturated carbocycles. The van der Waals surface area contributed by atoms with E-state index in [-0.39, 0.29) is 19.1 Å². The molecule has 0 aromatic heterocycles. The van der Waals surface area contributed by atoms with Crippen molar-refractivity contribution in [2.24, 2.45) is 11.8 Å². The Kier molecular flexibility index (Phi) is 7.14. The summed E-state index contributed by atoms with van der Waals surface area (Å²) in [7, 11) is 0. The van der Waals surface area contributed by atoms with E-state index in [4.69, 9.17) is 14.2 Å². The normalized spacial score (nSPS) is 16.5. The van der Waals surface area contributed by atoms with Crippen molar-refractivity contribution >= 4 is 17.8 Å². The van der Waals surface area contributed by atoms with Crippen LogP contribution in [-0.2, 0) is 28.6 Å². The Morgan fingerprint density at radius 2 is 1.52 bits per heavy atom. The fourth-order valence-electron chi connectivity index (χ4n) is 2.18. The molecule has 1 rings (SSSR count). The Morgan fingerprint density at radius 3 is 1.95 bits per heavy atom. The average Bonchev–Trinajstić information content (AvgIpc) is 2.48. The molecule has 21 heavy (non-hydrogen) atoms. The van der Waals surface area contributed by atoms with Gasteiger partial charge in [0.15, 0.2) is 5.92 Å². The molecule has 1 aliphatic heterocycles. The first-order valence-corrected chi connectivity index (χ1v) is 7.22. The van der Waals surface area contributed by atoms with Crippen molar-refractivity contribution in [2.75, 3.05) is 39.5 Å². The third-order valence-corrected chi connectivity index (χ3v) is 3.29. The van der Waals surface area contributed by atoms with Gasteiger partial charge in [0.05, 0.1) is 32.3 Å². The van der Waals surface area contributed by atoms with Gasteiger partial charge in [-0.25, -0.2) is 0 Å². The van der Waals surface area contributed by atoms with Gasteiger partial charge in [-0.3, -0.25) is 14.4 Å². The van der Waals surface area contributed by atoms with Gasteiger partial charge in [-0.1, -0.05) is 6.92 Å². The molecular weight excluding hydrogens is 278 g/mol. The second-order valence-electron chi connectivity index (χ2n) is 4.71. The van der Waals surface area contributed by atoms with Gasteiger partial charge in [0.25, 0.3) is 0 Å². The average molecular weight is 301 g/mol. The molecule has 7 heteroatoms. The highest BCUT2D eigenvalue weighted by Crippen LogP contribution is 2.19. The van der Waals surface area contributed by atoms with Gasteiger partial charge >= 0.3 is 11.9 Å².